The normalized spacial score (nSPS) is 11.1. The Kier molecular flexibility index (Phi) is 2.87. The minimum atomic E-state index is -1.04. The quantitative estimate of drug-likeness (QED) is 0.779. The van der Waals surface area contributed by atoms with Gasteiger partial charge in [-0.1, -0.05) is 0 Å². The highest BCUT2D eigenvalue weighted by molar-refractivity contribution is 9.11. The molecule has 5 nitrogen and oxygen atoms in total. The summed E-state index contributed by atoms with van der Waals surface area (Å²) < 4.78 is 2.65. The molecule has 0 unspecified atom stereocenters. The number of halogens is 1. The molecule has 0 fully saturated rings. The van der Waals surface area contributed by atoms with Crippen LogP contribution in [0.5, 0.6) is 0 Å². The second-order valence-corrected chi connectivity index (χ2v) is 6.45. The minimum Gasteiger partial charge on any atom is -0.477 e. The molecular formula is C12H8BrN3O2S. The highest BCUT2D eigenvalue weighted by Crippen LogP contribution is 2.31. The number of aryl methyl sites for hydroxylation is 1. The highest BCUT2D eigenvalue weighted by atomic mass is 79.9. The van der Waals surface area contributed by atoms with E-state index in [9.17, 15) is 4.79 Å². The number of carboxylic acid groups (broad SMARTS) is 1. The molecule has 3 aromatic rings. The summed E-state index contributed by atoms with van der Waals surface area (Å²) >= 11 is 4.92. The van der Waals surface area contributed by atoms with Gasteiger partial charge in [-0.2, -0.15) is 5.10 Å². The molecule has 1 N–H and O–H groups in total. The molecule has 0 aliphatic heterocycles. The molecule has 0 saturated carbocycles. The van der Waals surface area contributed by atoms with Crippen molar-refractivity contribution in [3.63, 3.8) is 0 Å². The first-order valence-electron chi connectivity index (χ1n) is 5.41. The van der Waals surface area contributed by atoms with Gasteiger partial charge in [0.25, 0.3) is 0 Å². The molecule has 0 saturated heterocycles. The molecule has 96 valence electrons. The lowest BCUT2D eigenvalue weighted by atomic mass is 10.3. The van der Waals surface area contributed by atoms with Crippen LogP contribution in [0.3, 0.4) is 0 Å². The Hall–Kier alpha value is -1.73. The number of aromatic carboxylic acids is 1. The van der Waals surface area contributed by atoms with Crippen LogP contribution >= 0.6 is 27.3 Å². The van der Waals surface area contributed by atoms with Crippen molar-refractivity contribution in [3.05, 3.63) is 39.4 Å². The SMILES string of the molecule is Cc1cc2nc(C(=O)O)cc(-c3ccc(Br)s3)n2n1. The molecule has 0 aliphatic rings. The van der Waals surface area contributed by atoms with Crippen LogP contribution < -0.4 is 0 Å². The van der Waals surface area contributed by atoms with Crippen molar-refractivity contribution in [2.24, 2.45) is 0 Å². The van der Waals surface area contributed by atoms with Crippen molar-refractivity contribution < 1.29 is 9.90 Å². The molecule has 3 aromatic heterocycles. The zero-order chi connectivity index (χ0) is 13.6. The van der Waals surface area contributed by atoms with Gasteiger partial charge < -0.3 is 5.11 Å². The predicted octanol–water partition coefficient (Wildman–Crippen LogP) is 3.23. The lowest BCUT2D eigenvalue weighted by molar-refractivity contribution is 0.0690. The van der Waals surface area contributed by atoms with Gasteiger partial charge in [0.2, 0.25) is 0 Å². The molecule has 0 aromatic carbocycles. The van der Waals surface area contributed by atoms with E-state index < -0.39 is 5.97 Å². The monoisotopic (exact) mass is 337 g/mol. The standard InChI is InChI=1S/C12H8BrN3O2S/c1-6-4-11-14-7(12(17)18)5-8(16(11)15-6)9-2-3-10(13)19-9/h2-5H,1H3,(H,17,18). The van der Waals surface area contributed by atoms with Crippen molar-refractivity contribution in [2.45, 2.75) is 6.92 Å². The molecule has 3 rings (SSSR count). The summed E-state index contributed by atoms with van der Waals surface area (Å²) in [4.78, 5) is 16.2. The maximum atomic E-state index is 11.1. The summed E-state index contributed by atoms with van der Waals surface area (Å²) in [6, 6.07) is 7.15. The maximum absolute atomic E-state index is 11.1. The highest BCUT2D eigenvalue weighted by Gasteiger charge is 2.15. The summed E-state index contributed by atoms with van der Waals surface area (Å²) in [5, 5.41) is 13.5. The van der Waals surface area contributed by atoms with Crippen molar-refractivity contribution in [3.8, 4) is 10.6 Å². The Bertz CT molecular complexity index is 793. The summed E-state index contributed by atoms with van der Waals surface area (Å²) in [6.07, 6.45) is 0. The third kappa shape index (κ3) is 2.15. The van der Waals surface area contributed by atoms with Crippen LogP contribution in [0.25, 0.3) is 16.2 Å². The molecule has 0 aliphatic carbocycles. The van der Waals surface area contributed by atoms with E-state index in [4.69, 9.17) is 5.11 Å². The summed E-state index contributed by atoms with van der Waals surface area (Å²) in [5.74, 6) is -1.04. The van der Waals surface area contributed by atoms with Gasteiger partial charge in [-0.15, -0.1) is 11.3 Å². The number of rotatable bonds is 2. The summed E-state index contributed by atoms with van der Waals surface area (Å²) in [5.41, 5.74) is 2.09. The van der Waals surface area contributed by atoms with Crippen molar-refractivity contribution >= 4 is 38.9 Å². The average Bonchev–Trinajstić information content (AvgIpc) is 2.92. The first kappa shape index (κ1) is 12.3. The maximum Gasteiger partial charge on any atom is 0.354 e. The van der Waals surface area contributed by atoms with E-state index in [1.165, 1.54) is 11.3 Å². The number of nitrogens with zero attached hydrogens (tertiary/aromatic N) is 3. The molecule has 0 amide bonds. The van der Waals surface area contributed by atoms with Gasteiger partial charge in [0.15, 0.2) is 11.3 Å². The predicted molar refractivity (Wildman–Crippen MR) is 75.7 cm³/mol. The molecule has 0 bridgehead atoms. The number of hydrogen-bond donors (Lipinski definition) is 1. The number of thiophene rings is 1. The second-order valence-electron chi connectivity index (χ2n) is 3.99. The number of carboxylic acids is 1. The Morgan fingerprint density at radius 3 is 2.84 bits per heavy atom. The molecular weight excluding hydrogens is 330 g/mol. The Morgan fingerprint density at radius 2 is 2.21 bits per heavy atom. The molecule has 3 heterocycles. The topological polar surface area (TPSA) is 67.5 Å². The van der Waals surface area contributed by atoms with Gasteiger partial charge in [-0.05, 0) is 41.1 Å². The van der Waals surface area contributed by atoms with E-state index in [0.29, 0.717) is 5.65 Å². The summed E-state index contributed by atoms with van der Waals surface area (Å²) in [7, 11) is 0. The van der Waals surface area contributed by atoms with Gasteiger partial charge in [-0.25, -0.2) is 14.3 Å². The first-order chi connectivity index (χ1) is 9.04. The van der Waals surface area contributed by atoms with Crippen LogP contribution in [0, 0.1) is 6.92 Å². The van der Waals surface area contributed by atoms with Crippen LogP contribution in [-0.4, -0.2) is 25.7 Å². The van der Waals surface area contributed by atoms with Gasteiger partial charge in [0.1, 0.15) is 0 Å². The van der Waals surface area contributed by atoms with Gasteiger partial charge in [-0.3, -0.25) is 0 Å². The van der Waals surface area contributed by atoms with Crippen LogP contribution in [0.1, 0.15) is 16.2 Å². The summed E-state index contributed by atoms with van der Waals surface area (Å²) in [6.45, 7) is 1.85. The van der Waals surface area contributed by atoms with Crippen molar-refractivity contribution in [1.29, 1.82) is 0 Å². The smallest absolute Gasteiger partial charge is 0.354 e. The van der Waals surface area contributed by atoms with E-state index in [0.717, 1.165) is 20.1 Å². The number of carbonyl (C=O) groups is 1. The van der Waals surface area contributed by atoms with E-state index >= 15 is 0 Å². The van der Waals surface area contributed by atoms with Crippen LogP contribution in [0.15, 0.2) is 28.1 Å². The van der Waals surface area contributed by atoms with Gasteiger partial charge in [0, 0.05) is 6.07 Å². The van der Waals surface area contributed by atoms with Crippen LogP contribution in [0.4, 0.5) is 0 Å². The molecule has 0 radical (unpaired) electrons. The van der Waals surface area contributed by atoms with E-state index in [-0.39, 0.29) is 5.69 Å². The van der Waals surface area contributed by atoms with Crippen LogP contribution in [-0.2, 0) is 0 Å². The van der Waals surface area contributed by atoms with Gasteiger partial charge in [0.05, 0.1) is 20.1 Å². The Balaban J connectivity index is 2.34. The Labute approximate surface area is 120 Å². The number of aromatic nitrogens is 3. The number of hydrogen-bond acceptors (Lipinski definition) is 4. The lowest BCUT2D eigenvalue weighted by Gasteiger charge is -2.03. The molecule has 0 spiro atoms. The van der Waals surface area contributed by atoms with E-state index in [1.54, 1.807) is 16.6 Å². The van der Waals surface area contributed by atoms with Crippen molar-refractivity contribution in [1.82, 2.24) is 14.6 Å². The van der Waals surface area contributed by atoms with Crippen LogP contribution in [0.2, 0.25) is 0 Å². The molecule has 19 heavy (non-hydrogen) atoms. The van der Waals surface area contributed by atoms with E-state index in [1.807, 2.05) is 19.1 Å². The fourth-order valence-electron chi connectivity index (χ4n) is 1.83. The largest absolute Gasteiger partial charge is 0.477 e. The van der Waals surface area contributed by atoms with Crippen molar-refractivity contribution in [2.75, 3.05) is 0 Å². The number of fused-ring (bicyclic) bond motifs is 1. The zero-order valence-electron chi connectivity index (χ0n) is 9.79. The Morgan fingerprint density at radius 1 is 1.42 bits per heavy atom. The minimum absolute atomic E-state index is 0.0203. The fourth-order valence-corrected chi connectivity index (χ4v) is 3.21. The fraction of sp³-hybridized carbons (Fsp3) is 0.0833. The first-order valence-corrected chi connectivity index (χ1v) is 7.02. The van der Waals surface area contributed by atoms with E-state index in [2.05, 4.69) is 26.0 Å². The zero-order valence-corrected chi connectivity index (χ0v) is 12.2. The molecule has 0 atom stereocenters. The third-order valence-electron chi connectivity index (χ3n) is 2.59. The second kappa shape index (κ2) is 4.43. The van der Waals surface area contributed by atoms with Gasteiger partial charge >= 0.3 is 5.97 Å². The lowest BCUT2D eigenvalue weighted by Crippen LogP contribution is -2.04. The third-order valence-corrected chi connectivity index (χ3v) is 4.24. The molecule has 7 heteroatoms. The average molecular weight is 338 g/mol.